The highest BCUT2D eigenvalue weighted by atomic mass is 16.2. The maximum absolute atomic E-state index is 11.9. The molecule has 0 aliphatic rings. The van der Waals surface area contributed by atoms with Crippen molar-refractivity contribution in [2.24, 2.45) is 5.73 Å². The number of amides is 1. The van der Waals surface area contributed by atoms with Gasteiger partial charge in [0.25, 0.3) is 0 Å². The number of carbonyl (C=O) groups excluding carboxylic acids is 1. The summed E-state index contributed by atoms with van der Waals surface area (Å²) in [7, 11) is 0. The Morgan fingerprint density at radius 1 is 1.47 bits per heavy atom. The van der Waals surface area contributed by atoms with Crippen LogP contribution in [0.1, 0.15) is 25.3 Å². The first-order valence-corrected chi connectivity index (χ1v) is 5.58. The van der Waals surface area contributed by atoms with Gasteiger partial charge >= 0.3 is 0 Å². The third-order valence-corrected chi connectivity index (χ3v) is 2.60. The minimum Gasteiger partial charge on any atom is -0.354 e. The van der Waals surface area contributed by atoms with Crippen molar-refractivity contribution in [1.82, 2.24) is 5.32 Å². The topological polar surface area (TPSA) is 78.9 Å². The number of nitriles is 1. The molecular formula is C13H17N3O. The third kappa shape index (κ3) is 3.58. The van der Waals surface area contributed by atoms with Crippen LogP contribution in [0.3, 0.4) is 0 Å². The molecule has 0 aliphatic carbocycles. The van der Waals surface area contributed by atoms with E-state index in [9.17, 15) is 4.79 Å². The van der Waals surface area contributed by atoms with Crippen molar-refractivity contribution >= 4 is 5.91 Å². The molecule has 1 atom stereocenters. The molecule has 0 heterocycles. The van der Waals surface area contributed by atoms with Gasteiger partial charge in [-0.05, 0) is 18.9 Å². The van der Waals surface area contributed by atoms with Gasteiger partial charge in [0.2, 0.25) is 5.91 Å². The SMILES string of the molecule is CC(N)(C(=O)NCCCC#N)c1ccccc1. The molecule has 1 unspecified atom stereocenters. The molecule has 17 heavy (non-hydrogen) atoms. The van der Waals surface area contributed by atoms with E-state index in [1.165, 1.54) is 0 Å². The van der Waals surface area contributed by atoms with Crippen LogP contribution in [0.2, 0.25) is 0 Å². The Hall–Kier alpha value is -1.86. The van der Waals surface area contributed by atoms with E-state index in [-0.39, 0.29) is 5.91 Å². The van der Waals surface area contributed by atoms with Crippen molar-refractivity contribution in [2.45, 2.75) is 25.3 Å². The van der Waals surface area contributed by atoms with Crippen LogP contribution in [0, 0.1) is 11.3 Å². The molecule has 3 N–H and O–H groups in total. The van der Waals surface area contributed by atoms with E-state index >= 15 is 0 Å². The molecule has 4 nitrogen and oxygen atoms in total. The smallest absolute Gasteiger partial charge is 0.244 e. The van der Waals surface area contributed by atoms with Crippen LogP contribution in [0.5, 0.6) is 0 Å². The van der Waals surface area contributed by atoms with Gasteiger partial charge in [-0.2, -0.15) is 5.26 Å². The molecule has 0 fully saturated rings. The summed E-state index contributed by atoms with van der Waals surface area (Å²) in [6, 6.07) is 11.3. The zero-order chi connectivity index (χ0) is 12.7. The third-order valence-electron chi connectivity index (χ3n) is 2.60. The molecule has 1 amide bonds. The van der Waals surface area contributed by atoms with Crippen LogP contribution in [0.4, 0.5) is 0 Å². The lowest BCUT2D eigenvalue weighted by Crippen LogP contribution is -2.49. The monoisotopic (exact) mass is 231 g/mol. The Morgan fingerprint density at radius 2 is 2.12 bits per heavy atom. The number of rotatable bonds is 5. The molecule has 0 saturated carbocycles. The van der Waals surface area contributed by atoms with Crippen LogP contribution in [0.25, 0.3) is 0 Å². The average Bonchev–Trinajstić information content (AvgIpc) is 2.35. The molecule has 0 saturated heterocycles. The van der Waals surface area contributed by atoms with Gasteiger partial charge < -0.3 is 11.1 Å². The van der Waals surface area contributed by atoms with Crippen LogP contribution in [-0.2, 0) is 10.3 Å². The summed E-state index contributed by atoms with van der Waals surface area (Å²) in [6.07, 6.45) is 1.08. The highest BCUT2D eigenvalue weighted by molar-refractivity contribution is 5.86. The second-order valence-electron chi connectivity index (χ2n) is 4.09. The number of nitrogens with one attached hydrogen (secondary N) is 1. The number of unbranched alkanes of at least 4 members (excludes halogenated alkanes) is 1. The first kappa shape index (κ1) is 13.2. The maximum atomic E-state index is 11.9. The quantitative estimate of drug-likeness (QED) is 0.749. The van der Waals surface area contributed by atoms with Gasteiger partial charge in [0, 0.05) is 13.0 Å². The van der Waals surface area contributed by atoms with Crippen LogP contribution >= 0.6 is 0 Å². The van der Waals surface area contributed by atoms with Gasteiger partial charge in [-0.3, -0.25) is 4.79 Å². The number of benzene rings is 1. The number of nitrogens with two attached hydrogens (primary N) is 1. The van der Waals surface area contributed by atoms with Crippen LogP contribution in [0.15, 0.2) is 30.3 Å². The van der Waals surface area contributed by atoms with Crippen molar-refractivity contribution in [3.8, 4) is 6.07 Å². The fourth-order valence-corrected chi connectivity index (χ4v) is 1.47. The van der Waals surface area contributed by atoms with Gasteiger partial charge in [0.05, 0.1) is 6.07 Å². The summed E-state index contributed by atoms with van der Waals surface area (Å²) in [5.41, 5.74) is 5.76. The molecule has 1 aromatic carbocycles. The van der Waals surface area contributed by atoms with E-state index in [4.69, 9.17) is 11.0 Å². The van der Waals surface area contributed by atoms with Crippen molar-refractivity contribution in [3.63, 3.8) is 0 Å². The lowest BCUT2D eigenvalue weighted by atomic mass is 9.92. The van der Waals surface area contributed by atoms with E-state index in [2.05, 4.69) is 5.32 Å². The maximum Gasteiger partial charge on any atom is 0.244 e. The summed E-state index contributed by atoms with van der Waals surface area (Å²) in [4.78, 5) is 11.9. The minimum absolute atomic E-state index is 0.221. The number of hydrogen-bond acceptors (Lipinski definition) is 3. The Bertz CT molecular complexity index is 406. The zero-order valence-electron chi connectivity index (χ0n) is 9.94. The Labute approximate surface area is 101 Å². The highest BCUT2D eigenvalue weighted by Crippen LogP contribution is 2.17. The summed E-state index contributed by atoms with van der Waals surface area (Å²) in [6.45, 7) is 2.16. The predicted molar refractivity (Wildman–Crippen MR) is 65.8 cm³/mol. The van der Waals surface area contributed by atoms with E-state index in [1.54, 1.807) is 6.92 Å². The van der Waals surface area contributed by atoms with Crippen molar-refractivity contribution in [1.29, 1.82) is 5.26 Å². The minimum atomic E-state index is -1.03. The van der Waals surface area contributed by atoms with Gasteiger partial charge in [-0.1, -0.05) is 30.3 Å². The van der Waals surface area contributed by atoms with E-state index in [1.807, 2.05) is 36.4 Å². The van der Waals surface area contributed by atoms with Crippen molar-refractivity contribution < 1.29 is 4.79 Å². The molecule has 1 rings (SSSR count). The van der Waals surface area contributed by atoms with Gasteiger partial charge in [0.15, 0.2) is 0 Å². The lowest BCUT2D eigenvalue weighted by Gasteiger charge is -2.23. The number of carbonyl (C=O) groups is 1. The highest BCUT2D eigenvalue weighted by Gasteiger charge is 2.29. The standard InChI is InChI=1S/C13H17N3O/c1-13(15,11-7-3-2-4-8-11)12(17)16-10-6-5-9-14/h2-4,7-8H,5-6,10,15H2,1H3,(H,16,17). The summed E-state index contributed by atoms with van der Waals surface area (Å²) in [5, 5.41) is 11.1. The Balaban J connectivity index is 2.59. The Morgan fingerprint density at radius 3 is 2.71 bits per heavy atom. The number of nitrogens with zero attached hydrogens (tertiary/aromatic N) is 1. The van der Waals surface area contributed by atoms with E-state index in [0.29, 0.717) is 19.4 Å². The molecule has 0 aromatic heterocycles. The van der Waals surface area contributed by atoms with Gasteiger partial charge in [-0.25, -0.2) is 0 Å². The van der Waals surface area contributed by atoms with Crippen LogP contribution in [-0.4, -0.2) is 12.5 Å². The molecule has 4 heteroatoms. The first-order chi connectivity index (χ1) is 8.09. The molecular weight excluding hydrogens is 214 g/mol. The summed E-state index contributed by atoms with van der Waals surface area (Å²) in [5.74, 6) is -0.221. The molecule has 1 aromatic rings. The zero-order valence-corrected chi connectivity index (χ0v) is 9.94. The lowest BCUT2D eigenvalue weighted by molar-refractivity contribution is -0.126. The molecule has 90 valence electrons. The number of hydrogen-bond donors (Lipinski definition) is 2. The predicted octanol–water partition coefficient (Wildman–Crippen LogP) is 1.28. The van der Waals surface area contributed by atoms with E-state index in [0.717, 1.165) is 5.56 Å². The largest absolute Gasteiger partial charge is 0.354 e. The van der Waals surface area contributed by atoms with Crippen LogP contribution < -0.4 is 11.1 Å². The molecule has 0 aliphatic heterocycles. The fraction of sp³-hybridized carbons (Fsp3) is 0.385. The molecule has 0 spiro atoms. The second-order valence-corrected chi connectivity index (χ2v) is 4.09. The molecule has 0 bridgehead atoms. The average molecular weight is 231 g/mol. The van der Waals surface area contributed by atoms with Gasteiger partial charge in [-0.15, -0.1) is 0 Å². The first-order valence-electron chi connectivity index (χ1n) is 5.58. The summed E-state index contributed by atoms with van der Waals surface area (Å²) < 4.78 is 0. The van der Waals surface area contributed by atoms with E-state index < -0.39 is 5.54 Å². The van der Waals surface area contributed by atoms with Crippen molar-refractivity contribution in [2.75, 3.05) is 6.54 Å². The summed E-state index contributed by atoms with van der Waals surface area (Å²) >= 11 is 0. The molecule has 0 radical (unpaired) electrons. The normalized spacial score (nSPS) is 13.5. The van der Waals surface area contributed by atoms with Gasteiger partial charge in [0.1, 0.15) is 5.54 Å². The Kier molecular flexibility index (Phi) is 4.68. The fourth-order valence-electron chi connectivity index (χ4n) is 1.47. The van der Waals surface area contributed by atoms with Crippen molar-refractivity contribution in [3.05, 3.63) is 35.9 Å². The second kappa shape index (κ2) is 6.02.